The van der Waals surface area contributed by atoms with Crippen molar-refractivity contribution in [3.8, 4) is 0 Å². The maximum absolute atomic E-state index is 5.57. The SMILES string of the molecule is c1ccc(CN(Cc2ccccc2)c2ccc3c(c2)COC3)cc1. The molecule has 1 aliphatic heterocycles. The molecule has 120 valence electrons. The fourth-order valence-corrected chi connectivity index (χ4v) is 3.20. The lowest BCUT2D eigenvalue weighted by Crippen LogP contribution is -2.22. The predicted molar refractivity (Wildman–Crippen MR) is 97.7 cm³/mol. The van der Waals surface area contributed by atoms with Gasteiger partial charge in [-0.15, -0.1) is 0 Å². The third-order valence-electron chi connectivity index (χ3n) is 4.50. The summed E-state index contributed by atoms with van der Waals surface area (Å²) < 4.78 is 5.57. The molecule has 0 fully saturated rings. The molecule has 0 saturated heterocycles. The van der Waals surface area contributed by atoms with Crippen molar-refractivity contribution in [2.75, 3.05) is 4.90 Å². The van der Waals surface area contributed by atoms with Crippen molar-refractivity contribution in [3.63, 3.8) is 0 Å². The smallest absolute Gasteiger partial charge is 0.0725 e. The van der Waals surface area contributed by atoms with Crippen LogP contribution in [-0.4, -0.2) is 0 Å². The third kappa shape index (κ3) is 3.34. The van der Waals surface area contributed by atoms with Crippen LogP contribution >= 0.6 is 0 Å². The van der Waals surface area contributed by atoms with E-state index in [0.29, 0.717) is 0 Å². The van der Waals surface area contributed by atoms with Gasteiger partial charge in [-0.05, 0) is 34.4 Å². The Balaban J connectivity index is 1.64. The molecule has 0 aromatic heterocycles. The second-order valence-corrected chi connectivity index (χ2v) is 6.27. The van der Waals surface area contributed by atoms with E-state index in [1.807, 2.05) is 0 Å². The van der Waals surface area contributed by atoms with Crippen LogP contribution < -0.4 is 4.90 Å². The van der Waals surface area contributed by atoms with Crippen molar-refractivity contribution in [3.05, 3.63) is 101 Å². The molecule has 0 unspecified atom stereocenters. The molecule has 0 bridgehead atoms. The Morgan fingerprint density at radius 1 is 0.667 bits per heavy atom. The summed E-state index contributed by atoms with van der Waals surface area (Å²) in [6.45, 7) is 3.27. The molecule has 0 spiro atoms. The van der Waals surface area contributed by atoms with E-state index in [1.165, 1.54) is 27.9 Å². The minimum Gasteiger partial charge on any atom is -0.372 e. The van der Waals surface area contributed by atoms with Gasteiger partial charge in [0, 0.05) is 18.8 Å². The maximum atomic E-state index is 5.57. The second kappa shape index (κ2) is 6.90. The van der Waals surface area contributed by atoms with Gasteiger partial charge in [-0.2, -0.15) is 0 Å². The van der Waals surface area contributed by atoms with Gasteiger partial charge in [0.25, 0.3) is 0 Å². The normalized spacial score (nSPS) is 12.8. The molecule has 0 atom stereocenters. The highest BCUT2D eigenvalue weighted by Crippen LogP contribution is 2.27. The van der Waals surface area contributed by atoms with Gasteiger partial charge in [0.1, 0.15) is 0 Å². The van der Waals surface area contributed by atoms with Crippen molar-refractivity contribution in [1.82, 2.24) is 0 Å². The Kier molecular flexibility index (Phi) is 4.30. The number of hydrogen-bond acceptors (Lipinski definition) is 2. The zero-order valence-corrected chi connectivity index (χ0v) is 13.7. The van der Waals surface area contributed by atoms with E-state index in [9.17, 15) is 0 Å². The summed E-state index contributed by atoms with van der Waals surface area (Å²) in [4.78, 5) is 2.43. The summed E-state index contributed by atoms with van der Waals surface area (Å²) in [6, 6.07) is 28.0. The molecule has 2 nitrogen and oxygen atoms in total. The largest absolute Gasteiger partial charge is 0.372 e. The number of anilines is 1. The monoisotopic (exact) mass is 315 g/mol. The zero-order chi connectivity index (χ0) is 16.2. The van der Waals surface area contributed by atoms with E-state index in [-0.39, 0.29) is 0 Å². The standard InChI is InChI=1S/C22H21NO/c1-3-7-18(8-4-1)14-23(15-19-9-5-2-6-10-19)22-12-11-20-16-24-17-21(20)13-22/h1-13H,14-17H2. The van der Waals surface area contributed by atoms with Crippen molar-refractivity contribution in [2.24, 2.45) is 0 Å². The highest BCUT2D eigenvalue weighted by molar-refractivity contribution is 5.52. The van der Waals surface area contributed by atoms with Crippen molar-refractivity contribution in [2.45, 2.75) is 26.3 Å². The van der Waals surface area contributed by atoms with E-state index >= 15 is 0 Å². The average Bonchev–Trinajstić information content (AvgIpc) is 3.11. The molecule has 0 saturated carbocycles. The quantitative estimate of drug-likeness (QED) is 0.662. The molecule has 0 aliphatic carbocycles. The van der Waals surface area contributed by atoms with Crippen LogP contribution in [0, 0.1) is 0 Å². The van der Waals surface area contributed by atoms with Crippen LogP contribution in [0.25, 0.3) is 0 Å². The molecule has 24 heavy (non-hydrogen) atoms. The van der Waals surface area contributed by atoms with Crippen LogP contribution in [0.1, 0.15) is 22.3 Å². The Labute approximate surface area is 143 Å². The van der Waals surface area contributed by atoms with E-state index in [2.05, 4.69) is 83.8 Å². The van der Waals surface area contributed by atoms with Gasteiger partial charge < -0.3 is 9.64 Å². The summed E-state index contributed by atoms with van der Waals surface area (Å²) in [7, 11) is 0. The number of ether oxygens (including phenoxy) is 1. The van der Waals surface area contributed by atoms with Gasteiger partial charge in [0.05, 0.1) is 13.2 Å². The van der Waals surface area contributed by atoms with E-state index in [0.717, 1.165) is 26.3 Å². The van der Waals surface area contributed by atoms with Crippen LogP contribution in [0.2, 0.25) is 0 Å². The molecule has 1 heterocycles. The lowest BCUT2D eigenvalue weighted by Gasteiger charge is -2.26. The van der Waals surface area contributed by atoms with Gasteiger partial charge >= 0.3 is 0 Å². The fourth-order valence-electron chi connectivity index (χ4n) is 3.20. The first-order valence-electron chi connectivity index (χ1n) is 8.41. The van der Waals surface area contributed by atoms with E-state index < -0.39 is 0 Å². The number of hydrogen-bond donors (Lipinski definition) is 0. The molecule has 0 N–H and O–H groups in total. The summed E-state index contributed by atoms with van der Waals surface area (Å²) >= 11 is 0. The van der Waals surface area contributed by atoms with Gasteiger partial charge in [-0.3, -0.25) is 0 Å². The average molecular weight is 315 g/mol. The third-order valence-corrected chi connectivity index (χ3v) is 4.50. The van der Waals surface area contributed by atoms with Crippen LogP contribution in [0.15, 0.2) is 78.9 Å². The van der Waals surface area contributed by atoms with Gasteiger partial charge in [0.15, 0.2) is 0 Å². The lowest BCUT2D eigenvalue weighted by molar-refractivity contribution is 0.134. The molecular formula is C22H21NO. The molecule has 3 aromatic carbocycles. The van der Waals surface area contributed by atoms with E-state index in [4.69, 9.17) is 4.74 Å². The molecule has 2 heteroatoms. The Morgan fingerprint density at radius 2 is 1.25 bits per heavy atom. The Hall–Kier alpha value is -2.58. The zero-order valence-electron chi connectivity index (χ0n) is 13.7. The number of nitrogens with zero attached hydrogens (tertiary/aromatic N) is 1. The van der Waals surface area contributed by atoms with Crippen LogP contribution in [0.5, 0.6) is 0 Å². The number of rotatable bonds is 5. The summed E-state index contributed by atoms with van der Waals surface area (Å²) in [5, 5.41) is 0. The van der Waals surface area contributed by atoms with Crippen LogP contribution in [-0.2, 0) is 31.0 Å². The van der Waals surface area contributed by atoms with E-state index in [1.54, 1.807) is 0 Å². The first-order valence-corrected chi connectivity index (χ1v) is 8.41. The van der Waals surface area contributed by atoms with Gasteiger partial charge in [-0.25, -0.2) is 0 Å². The summed E-state index contributed by atoms with van der Waals surface area (Å²) in [5.41, 5.74) is 6.54. The summed E-state index contributed by atoms with van der Waals surface area (Å²) in [6.07, 6.45) is 0. The van der Waals surface area contributed by atoms with Crippen molar-refractivity contribution >= 4 is 5.69 Å². The molecular weight excluding hydrogens is 294 g/mol. The highest BCUT2D eigenvalue weighted by Gasteiger charge is 2.15. The lowest BCUT2D eigenvalue weighted by atomic mass is 10.1. The van der Waals surface area contributed by atoms with Gasteiger partial charge in [0.2, 0.25) is 0 Å². The van der Waals surface area contributed by atoms with Crippen LogP contribution in [0.3, 0.4) is 0 Å². The molecule has 1 aliphatic rings. The topological polar surface area (TPSA) is 12.5 Å². The Morgan fingerprint density at radius 3 is 1.88 bits per heavy atom. The van der Waals surface area contributed by atoms with Crippen LogP contribution in [0.4, 0.5) is 5.69 Å². The van der Waals surface area contributed by atoms with Crippen molar-refractivity contribution < 1.29 is 4.74 Å². The predicted octanol–water partition coefficient (Wildman–Crippen LogP) is 4.92. The minimum absolute atomic E-state index is 0.730. The minimum atomic E-state index is 0.730. The van der Waals surface area contributed by atoms with Crippen molar-refractivity contribution in [1.29, 1.82) is 0 Å². The maximum Gasteiger partial charge on any atom is 0.0725 e. The molecule has 0 amide bonds. The second-order valence-electron chi connectivity index (χ2n) is 6.27. The van der Waals surface area contributed by atoms with Gasteiger partial charge in [-0.1, -0.05) is 66.7 Å². The summed E-state index contributed by atoms with van der Waals surface area (Å²) in [5.74, 6) is 0. The fraction of sp³-hybridized carbons (Fsp3) is 0.182. The number of benzene rings is 3. The Bertz CT molecular complexity index is 757. The number of fused-ring (bicyclic) bond motifs is 1. The first kappa shape index (κ1) is 15.0. The highest BCUT2D eigenvalue weighted by atomic mass is 16.5. The molecule has 3 aromatic rings. The molecule has 0 radical (unpaired) electrons. The first-order chi connectivity index (χ1) is 11.9. The molecule has 4 rings (SSSR count).